The van der Waals surface area contributed by atoms with Gasteiger partial charge in [0.25, 0.3) is 0 Å². The molecule has 1 N–H and O–H groups in total. The standard InChI is InChI=1S/C14H16BrNO3S/c1-8(17)16-11(13(18)19)14(2,3)20-12(16)9-4-6-10(15)7-5-9/h4-7,11-12H,1-3H3,(H,18,19)/t11-,12+/m0/s1. The Hall–Kier alpha value is -1.01. The van der Waals surface area contributed by atoms with E-state index in [-0.39, 0.29) is 11.3 Å². The molecule has 1 aromatic carbocycles. The fourth-order valence-corrected chi connectivity index (χ4v) is 4.36. The van der Waals surface area contributed by atoms with Gasteiger partial charge in [0.05, 0.1) is 0 Å². The van der Waals surface area contributed by atoms with Crippen molar-refractivity contribution >= 4 is 39.6 Å². The van der Waals surface area contributed by atoms with Crippen molar-refractivity contribution in [2.75, 3.05) is 0 Å². The summed E-state index contributed by atoms with van der Waals surface area (Å²) in [4.78, 5) is 25.0. The Bertz CT molecular complexity index is 544. The molecule has 0 saturated carbocycles. The van der Waals surface area contributed by atoms with E-state index in [9.17, 15) is 14.7 Å². The monoisotopic (exact) mass is 357 g/mol. The molecule has 2 atom stereocenters. The lowest BCUT2D eigenvalue weighted by Gasteiger charge is -2.28. The van der Waals surface area contributed by atoms with E-state index in [4.69, 9.17) is 0 Å². The van der Waals surface area contributed by atoms with Crippen molar-refractivity contribution < 1.29 is 14.7 Å². The first-order chi connectivity index (χ1) is 9.24. The van der Waals surface area contributed by atoms with Crippen LogP contribution in [-0.4, -0.2) is 32.7 Å². The average Bonchev–Trinajstić information content (AvgIpc) is 2.62. The largest absolute Gasteiger partial charge is 0.480 e. The van der Waals surface area contributed by atoms with Crippen molar-refractivity contribution in [2.24, 2.45) is 0 Å². The molecule has 0 radical (unpaired) electrons. The fourth-order valence-electron chi connectivity index (χ4n) is 2.50. The molecule has 1 fully saturated rings. The smallest absolute Gasteiger partial charge is 0.327 e. The number of amides is 1. The van der Waals surface area contributed by atoms with Gasteiger partial charge in [-0.05, 0) is 31.5 Å². The van der Waals surface area contributed by atoms with Crippen molar-refractivity contribution in [3.63, 3.8) is 0 Å². The number of hydrogen-bond acceptors (Lipinski definition) is 3. The minimum Gasteiger partial charge on any atom is -0.480 e. The van der Waals surface area contributed by atoms with Gasteiger partial charge in [0.15, 0.2) is 0 Å². The predicted octanol–water partition coefficient (Wildman–Crippen LogP) is 3.27. The zero-order chi connectivity index (χ0) is 15.1. The van der Waals surface area contributed by atoms with Crippen molar-refractivity contribution in [3.8, 4) is 0 Å². The van der Waals surface area contributed by atoms with Crippen LogP contribution in [0.4, 0.5) is 0 Å². The maximum Gasteiger partial charge on any atom is 0.327 e. The number of carbonyl (C=O) groups excluding carboxylic acids is 1. The molecule has 1 aromatic rings. The topological polar surface area (TPSA) is 57.6 Å². The summed E-state index contributed by atoms with van der Waals surface area (Å²) in [5, 5.41) is 9.20. The first-order valence-corrected chi connectivity index (χ1v) is 7.86. The Morgan fingerprint density at radius 3 is 2.30 bits per heavy atom. The summed E-state index contributed by atoms with van der Waals surface area (Å²) in [6.07, 6.45) is 0. The Kier molecular flexibility index (Phi) is 4.16. The van der Waals surface area contributed by atoms with E-state index in [2.05, 4.69) is 15.9 Å². The first-order valence-electron chi connectivity index (χ1n) is 6.19. The van der Waals surface area contributed by atoms with E-state index in [0.29, 0.717) is 0 Å². The van der Waals surface area contributed by atoms with Gasteiger partial charge >= 0.3 is 5.97 Å². The van der Waals surface area contributed by atoms with Crippen LogP contribution in [0.3, 0.4) is 0 Å². The molecule has 0 unspecified atom stereocenters. The van der Waals surface area contributed by atoms with E-state index < -0.39 is 16.8 Å². The quantitative estimate of drug-likeness (QED) is 0.882. The number of hydrogen-bond donors (Lipinski definition) is 1. The number of carbonyl (C=O) groups is 2. The van der Waals surface area contributed by atoms with Gasteiger partial charge in [0, 0.05) is 16.1 Å². The van der Waals surface area contributed by atoms with Gasteiger partial charge in [-0.15, -0.1) is 11.8 Å². The summed E-state index contributed by atoms with van der Waals surface area (Å²) in [6.45, 7) is 5.15. The highest BCUT2D eigenvalue weighted by Crippen LogP contribution is 2.52. The van der Waals surface area contributed by atoms with Crippen LogP contribution in [0.25, 0.3) is 0 Å². The van der Waals surface area contributed by atoms with Crippen LogP contribution in [0.5, 0.6) is 0 Å². The Morgan fingerprint density at radius 2 is 1.85 bits per heavy atom. The molecule has 1 heterocycles. The molecule has 0 bridgehead atoms. The third kappa shape index (κ3) is 2.72. The summed E-state index contributed by atoms with van der Waals surface area (Å²) in [6, 6.07) is 6.80. The van der Waals surface area contributed by atoms with E-state index in [1.54, 1.807) is 0 Å². The molecule has 1 aliphatic heterocycles. The van der Waals surface area contributed by atoms with Crippen molar-refractivity contribution in [1.82, 2.24) is 4.90 Å². The molecule has 1 saturated heterocycles. The van der Waals surface area contributed by atoms with Crippen LogP contribution in [0.15, 0.2) is 28.7 Å². The zero-order valence-corrected chi connectivity index (χ0v) is 13.9. The number of carboxylic acids is 1. The molecule has 0 aromatic heterocycles. The van der Waals surface area contributed by atoms with Gasteiger partial charge in [-0.3, -0.25) is 4.79 Å². The van der Waals surface area contributed by atoms with E-state index in [0.717, 1.165) is 10.0 Å². The van der Waals surface area contributed by atoms with E-state index in [1.807, 2.05) is 38.1 Å². The van der Waals surface area contributed by atoms with Gasteiger partial charge in [-0.25, -0.2) is 4.79 Å². The fraction of sp³-hybridized carbons (Fsp3) is 0.429. The predicted molar refractivity (Wildman–Crippen MR) is 82.5 cm³/mol. The molecule has 20 heavy (non-hydrogen) atoms. The maximum atomic E-state index is 11.9. The van der Waals surface area contributed by atoms with E-state index >= 15 is 0 Å². The molecular formula is C14H16BrNO3S. The second-order valence-electron chi connectivity index (χ2n) is 5.29. The normalized spacial score (nSPS) is 24.7. The van der Waals surface area contributed by atoms with Crippen molar-refractivity contribution in [2.45, 2.75) is 36.9 Å². The molecular weight excluding hydrogens is 342 g/mol. The lowest BCUT2D eigenvalue weighted by Crippen LogP contribution is -2.48. The summed E-state index contributed by atoms with van der Waals surface area (Å²) in [5.41, 5.74) is 0.935. The Morgan fingerprint density at radius 1 is 1.30 bits per heavy atom. The average molecular weight is 358 g/mol. The maximum absolute atomic E-state index is 11.9. The SMILES string of the molecule is CC(=O)N1[C@@H](c2ccc(Br)cc2)SC(C)(C)[C@@H]1C(=O)O. The molecule has 0 aliphatic carbocycles. The van der Waals surface area contributed by atoms with Crippen LogP contribution >= 0.6 is 27.7 Å². The van der Waals surface area contributed by atoms with Gasteiger partial charge in [-0.1, -0.05) is 28.1 Å². The first kappa shape index (κ1) is 15.4. The highest BCUT2D eigenvalue weighted by atomic mass is 79.9. The number of aliphatic carboxylic acids is 1. The molecule has 108 valence electrons. The number of nitrogens with zero attached hydrogens (tertiary/aromatic N) is 1. The zero-order valence-electron chi connectivity index (χ0n) is 11.5. The summed E-state index contributed by atoms with van der Waals surface area (Å²) in [7, 11) is 0. The van der Waals surface area contributed by atoms with Gasteiger partial charge in [0.2, 0.25) is 5.91 Å². The lowest BCUT2D eigenvalue weighted by atomic mass is 10.0. The third-order valence-electron chi connectivity index (χ3n) is 3.36. The molecule has 2 rings (SSSR count). The third-order valence-corrected chi connectivity index (χ3v) is 5.44. The number of benzene rings is 1. The van der Waals surface area contributed by atoms with E-state index in [1.165, 1.54) is 23.6 Å². The highest BCUT2D eigenvalue weighted by molar-refractivity contribution is 9.10. The second-order valence-corrected chi connectivity index (χ2v) is 7.94. The van der Waals surface area contributed by atoms with Crippen LogP contribution in [-0.2, 0) is 9.59 Å². The van der Waals surface area contributed by atoms with Gasteiger partial charge < -0.3 is 10.0 Å². The highest BCUT2D eigenvalue weighted by Gasteiger charge is 2.52. The summed E-state index contributed by atoms with van der Waals surface area (Å²) >= 11 is 4.88. The molecule has 1 aliphatic rings. The number of halogens is 1. The minimum atomic E-state index is -0.961. The van der Waals surface area contributed by atoms with Crippen LogP contribution in [0, 0.1) is 0 Å². The molecule has 1 amide bonds. The van der Waals surface area contributed by atoms with Crippen LogP contribution in [0.2, 0.25) is 0 Å². The summed E-state index contributed by atoms with van der Waals surface area (Å²) in [5.74, 6) is -1.18. The number of carboxylic acid groups (broad SMARTS) is 1. The molecule has 0 spiro atoms. The minimum absolute atomic E-state index is 0.219. The Labute approximate surface area is 130 Å². The Balaban J connectivity index is 2.45. The molecule has 6 heteroatoms. The van der Waals surface area contributed by atoms with Crippen molar-refractivity contribution in [3.05, 3.63) is 34.3 Å². The lowest BCUT2D eigenvalue weighted by molar-refractivity contribution is -0.150. The number of thioether (sulfide) groups is 1. The second kappa shape index (κ2) is 5.41. The summed E-state index contributed by atoms with van der Waals surface area (Å²) < 4.78 is 0.419. The van der Waals surface area contributed by atoms with Crippen molar-refractivity contribution in [1.29, 1.82) is 0 Å². The van der Waals surface area contributed by atoms with Gasteiger partial charge in [0.1, 0.15) is 11.4 Å². The molecule has 4 nitrogen and oxygen atoms in total. The number of rotatable bonds is 2. The van der Waals surface area contributed by atoms with Gasteiger partial charge in [-0.2, -0.15) is 0 Å². The van der Waals surface area contributed by atoms with Crippen LogP contribution < -0.4 is 0 Å². The van der Waals surface area contributed by atoms with Crippen LogP contribution in [0.1, 0.15) is 31.7 Å².